The van der Waals surface area contributed by atoms with Crippen molar-refractivity contribution in [2.24, 2.45) is 0 Å². The molecule has 0 N–H and O–H groups in total. The van der Waals surface area contributed by atoms with Crippen molar-refractivity contribution in [2.45, 2.75) is 43.8 Å². The van der Waals surface area contributed by atoms with Crippen molar-refractivity contribution in [2.75, 3.05) is 0 Å². The zero-order chi connectivity index (χ0) is 18.8. The number of hydrogen-bond acceptors (Lipinski definition) is 1. The Morgan fingerprint density at radius 2 is 1.32 bits per heavy atom. The Labute approximate surface area is 195 Å². The molecule has 4 rings (SSSR count). The molecule has 1 aliphatic carbocycles. The summed E-state index contributed by atoms with van der Waals surface area (Å²) < 4.78 is 14.7. The van der Waals surface area contributed by atoms with Gasteiger partial charge in [0.15, 0.2) is 0 Å². The minimum atomic E-state index is -0.177. The third-order valence-electron chi connectivity index (χ3n) is 5.72. The fourth-order valence-electron chi connectivity index (χ4n) is 4.01. The normalized spacial score (nSPS) is 19.1. The van der Waals surface area contributed by atoms with Crippen molar-refractivity contribution in [3.8, 4) is 22.3 Å². The maximum atomic E-state index is 14.7. The van der Waals surface area contributed by atoms with E-state index in [9.17, 15) is 4.39 Å². The van der Waals surface area contributed by atoms with Gasteiger partial charge in [0, 0.05) is 5.56 Å². The summed E-state index contributed by atoms with van der Waals surface area (Å²) in [4.78, 5) is 0. The van der Waals surface area contributed by atoms with Crippen LogP contribution in [-0.2, 0) is 12.6 Å². The van der Waals surface area contributed by atoms with Crippen LogP contribution in [0.5, 0.6) is 0 Å². The molecule has 1 fully saturated rings. The SMILES string of the molecule is Cc1ccc(-c2ccc(-c3ccc(C4CCC([S-])CC4)cc3)cc2F)cc1.[Na+]. The molecule has 138 valence electrons. The van der Waals surface area contributed by atoms with Gasteiger partial charge in [0.1, 0.15) is 5.82 Å². The first-order chi connectivity index (χ1) is 13.1. The summed E-state index contributed by atoms with van der Waals surface area (Å²) in [6.45, 7) is 2.04. The maximum Gasteiger partial charge on any atom is 1.00 e. The van der Waals surface area contributed by atoms with Crippen LogP contribution in [-0.4, -0.2) is 5.25 Å². The predicted octanol–water partition coefficient (Wildman–Crippen LogP) is 4.05. The number of hydrogen-bond donors (Lipinski definition) is 0. The average Bonchev–Trinajstić information content (AvgIpc) is 2.69. The van der Waals surface area contributed by atoms with Crippen molar-refractivity contribution >= 4 is 12.6 Å². The molecular weight excluding hydrogens is 374 g/mol. The van der Waals surface area contributed by atoms with Gasteiger partial charge in [0.25, 0.3) is 0 Å². The average molecular weight is 399 g/mol. The first kappa shape index (κ1) is 21.6. The molecule has 0 aromatic heterocycles. The molecule has 0 atom stereocenters. The van der Waals surface area contributed by atoms with E-state index < -0.39 is 0 Å². The molecule has 0 saturated heterocycles. The van der Waals surface area contributed by atoms with Gasteiger partial charge in [-0.1, -0.05) is 79.1 Å². The zero-order valence-electron chi connectivity index (χ0n) is 16.6. The second-order valence-corrected chi connectivity index (χ2v) is 8.32. The molecule has 3 aromatic rings. The summed E-state index contributed by atoms with van der Waals surface area (Å²) in [6, 6.07) is 22.2. The molecular formula is C25H24FNaS. The largest absolute Gasteiger partial charge is 1.00 e. The standard InChI is InChI=1S/C25H25FS.Na/c1-17-2-4-21(5-3-17)24-15-12-22(16-25(24)26)20-8-6-18(7-9-20)19-10-13-23(27)14-11-19;/h2-9,12,15-16,19,23,27H,10-11,13-14H2,1H3;/q;+1/p-1. The Hall–Kier alpha value is -1.06. The summed E-state index contributed by atoms with van der Waals surface area (Å²) in [5, 5.41) is 0.454. The van der Waals surface area contributed by atoms with Crippen LogP contribution in [0.2, 0.25) is 0 Å². The van der Waals surface area contributed by atoms with E-state index in [1.54, 1.807) is 6.07 Å². The van der Waals surface area contributed by atoms with Crippen molar-refractivity contribution in [1.29, 1.82) is 0 Å². The third-order valence-corrected chi connectivity index (χ3v) is 6.19. The van der Waals surface area contributed by atoms with Crippen molar-refractivity contribution in [3.63, 3.8) is 0 Å². The third kappa shape index (κ3) is 4.91. The first-order valence-corrected chi connectivity index (χ1v) is 10.2. The van der Waals surface area contributed by atoms with Gasteiger partial charge >= 0.3 is 29.6 Å². The van der Waals surface area contributed by atoms with Gasteiger partial charge in [-0.25, -0.2) is 4.39 Å². The molecule has 0 nitrogen and oxygen atoms in total. The predicted molar refractivity (Wildman–Crippen MR) is 114 cm³/mol. The van der Waals surface area contributed by atoms with E-state index in [1.807, 2.05) is 43.3 Å². The minimum absolute atomic E-state index is 0. The van der Waals surface area contributed by atoms with E-state index in [-0.39, 0.29) is 35.4 Å². The zero-order valence-corrected chi connectivity index (χ0v) is 19.4. The summed E-state index contributed by atoms with van der Waals surface area (Å²) in [5.41, 5.74) is 6.11. The van der Waals surface area contributed by atoms with Gasteiger partial charge in [-0.3, -0.25) is 0 Å². The number of rotatable bonds is 3. The van der Waals surface area contributed by atoms with Crippen LogP contribution in [0.4, 0.5) is 4.39 Å². The van der Waals surface area contributed by atoms with Crippen LogP contribution in [0, 0.1) is 12.7 Å². The van der Waals surface area contributed by atoms with E-state index >= 15 is 0 Å². The Morgan fingerprint density at radius 3 is 1.93 bits per heavy atom. The van der Waals surface area contributed by atoms with Gasteiger partial charge in [0.05, 0.1) is 0 Å². The molecule has 0 heterocycles. The fraction of sp³-hybridized carbons (Fsp3) is 0.280. The molecule has 1 aliphatic rings. The fourth-order valence-corrected chi connectivity index (χ4v) is 4.28. The van der Waals surface area contributed by atoms with Gasteiger partial charge in [-0.05, 0) is 54.0 Å². The van der Waals surface area contributed by atoms with Crippen LogP contribution < -0.4 is 29.6 Å². The molecule has 0 spiro atoms. The van der Waals surface area contributed by atoms with Gasteiger partial charge in [-0.2, -0.15) is 5.25 Å². The minimum Gasteiger partial charge on any atom is -0.789 e. The van der Waals surface area contributed by atoms with Gasteiger partial charge < -0.3 is 12.6 Å². The number of benzene rings is 3. The van der Waals surface area contributed by atoms with E-state index in [0.717, 1.165) is 29.5 Å². The van der Waals surface area contributed by atoms with Crippen LogP contribution in [0.1, 0.15) is 42.7 Å². The van der Waals surface area contributed by atoms with Gasteiger partial charge in [0.2, 0.25) is 0 Å². The summed E-state index contributed by atoms with van der Waals surface area (Å²) in [7, 11) is 0. The van der Waals surface area contributed by atoms with Crippen molar-refractivity contribution < 1.29 is 33.9 Å². The van der Waals surface area contributed by atoms with E-state index in [2.05, 4.69) is 24.3 Å². The Bertz CT molecular complexity index is 910. The van der Waals surface area contributed by atoms with Crippen LogP contribution >= 0.6 is 0 Å². The Balaban J connectivity index is 0.00000225. The van der Waals surface area contributed by atoms with E-state index in [0.29, 0.717) is 16.7 Å². The second kappa shape index (κ2) is 9.63. The molecule has 0 amide bonds. The molecule has 0 bridgehead atoms. The topological polar surface area (TPSA) is 0 Å². The Morgan fingerprint density at radius 1 is 0.750 bits per heavy atom. The van der Waals surface area contributed by atoms with Crippen molar-refractivity contribution in [1.82, 2.24) is 0 Å². The van der Waals surface area contributed by atoms with E-state index in [4.69, 9.17) is 12.6 Å². The quantitative estimate of drug-likeness (QED) is 0.474. The molecule has 28 heavy (non-hydrogen) atoms. The summed E-state index contributed by atoms with van der Waals surface area (Å²) in [5.74, 6) is 0.447. The first-order valence-electron chi connectivity index (χ1n) is 9.73. The molecule has 3 heteroatoms. The molecule has 1 saturated carbocycles. The van der Waals surface area contributed by atoms with Crippen LogP contribution in [0.3, 0.4) is 0 Å². The summed E-state index contributed by atoms with van der Waals surface area (Å²) in [6.07, 6.45) is 4.67. The number of aryl methyl sites for hydroxylation is 1. The molecule has 0 radical (unpaired) electrons. The van der Waals surface area contributed by atoms with Crippen LogP contribution in [0.15, 0.2) is 66.7 Å². The molecule has 3 aromatic carbocycles. The molecule has 0 unspecified atom stereocenters. The Kier molecular flexibility index (Phi) is 7.44. The number of halogens is 1. The maximum absolute atomic E-state index is 14.7. The molecule has 0 aliphatic heterocycles. The van der Waals surface area contributed by atoms with Crippen molar-refractivity contribution in [3.05, 3.63) is 83.7 Å². The van der Waals surface area contributed by atoms with Gasteiger partial charge in [-0.15, -0.1) is 0 Å². The van der Waals surface area contributed by atoms with E-state index in [1.165, 1.54) is 24.0 Å². The smallest absolute Gasteiger partial charge is 0.789 e. The van der Waals surface area contributed by atoms with Crippen LogP contribution in [0.25, 0.3) is 22.3 Å². The monoisotopic (exact) mass is 398 g/mol. The second-order valence-electron chi connectivity index (χ2n) is 7.66. The summed E-state index contributed by atoms with van der Waals surface area (Å²) >= 11 is 5.41.